The second-order valence-corrected chi connectivity index (χ2v) is 7.40. The van der Waals surface area contributed by atoms with Crippen molar-refractivity contribution in [2.24, 2.45) is 5.92 Å². The highest BCUT2D eigenvalue weighted by atomic mass is 32.2. The maximum Gasteiger partial charge on any atom is 0.211 e. The fourth-order valence-electron chi connectivity index (χ4n) is 2.65. The molecule has 1 unspecified atom stereocenters. The lowest BCUT2D eigenvalue weighted by Crippen LogP contribution is -2.40. The Morgan fingerprint density at radius 3 is 3.00 bits per heavy atom. The standard InChI is InChI=1S/C13H24N4O2S/c1-3-14-9-13-6-7-15-17(13)11-12-5-4-8-16(10-12)20(2,18)19/h6-7,12,14H,3-5,8-11H2,1-2H3. The van der Waals surface area contributed by atoms with E-state index >= 15 is 0 Å². The summed E-state index contributed by atoms with van der Waals surface area (Å²) in [5.74, 6) is 0.346. The number of piperidine rings is 1. The maximum atomic E-state index is 11.6. The van der Waals surface area contributed by atoms with Crippen LogP contribution in [0.4, 0.5) is 0 Å². The highest BCUT2D eigenvalue weighted by Gasteiger charge is 2.26. The molecule has 0 spiro atoms. The molecule has 1 aromatic heterocycles. The zero-order chi connectivity index (χ0) is 14.6. The maximum absolute atomic E-state index is 11.6. The summed E-state index contributed by atoms with van der Waals surface area (Å²) in [7, 11) is -3.07. The van der Waals surface area contributed by atoms with Crippen molar-refractivity contribution in [1.29, 1.82) is 0 Å². The first-order valence-corrected chi connectivity index (χ1v) is 9.02. The highest BCUT2D eigenvalue weighted by Crippen LogP contribution is 2.20. The van der Waals surface area contributed by atoms with E-state index in [1.165, 1.54) is 6.26 Å². The van der Waals surface area contributed by atoms with Crippen LogP contribution in [0.2, 0.25) is 0 Å². The Kier molecular flexibility index (Phi) is 5.17. The summed E-state index contributed by atoms with van der Waals surface area (Å²) in [4.78, 5) is 0. The summed E-state index contributed by atoms with van der Waals surface area (Å²) in [6.07, 6.45) is 5.10. The van der Waals surface area contributed by atoms with Crippen molar-refractivity contribution in [1.82, 2.24) is 19.4 Å². The van der Waals surface area contributed by atoms with E-state index in [4.69, 9.17) is 0 Å². The monoisotopic (exact) mass is 300 g/mol. The summed E-state index contributed by atoms with van der Waals surface area (Å²) in [6.45, 7) is 5.86. The quantitative estimate of drug-likeness (QED) is 0.838. The topological polar surface area (TPSA) is 67.2 Å². The summed E-state index contributed by atoms with van der Waals surface area (Å²) >= 11 is 0. The third-order valence-corrected chi connectivity index (χ3v) is 5.01. The molecule has 1 atom stereocenters. The van der Waals surface area contributed by atoms with Crippen molar-refractivity contribution in [3.8, 4) is 0 Å². The molecule has 0 amide bonds. The Morgan fingerprint density at radius 1 is 1.50 bits per heavy atom. The van der Waals surface area contributed by atoms with Crippen molar-refractivity contribution in [2.45, 2.75) is 32.9 Å². The van der Waals surface area contributed by atoms with Crippen LogP contribution in [0.5, 0.6) is 0 Å². The van der Waals surface area contributed by atoms with E-state index in [1.807, 2.05) is 16.9 Å². The molecule has 20 heavy (non-hydrogen) atoms. The first kappa shape index (κ1) is 15.5. The molecule has 1 fully saturated rings. The molecule has 1 N–H and O–H groups in total. The predicted molar refractivity (Wildman–Crippen MR) is 78.7 cm³/mol. The minimum atomic E-state index is -3.07. The van der Waals surface area contributed by atoms with Gasteiger partial charge in [-0.15, -0.1) is 0 Å². The molecule has 0 aromatic carbocycles. The second kappa shape index (κ2) is 6.69. The first-order chi connectivity index (χ1) is 9.50. The van der Waals surface area contributed by atoms with Crippen molar-refractivity contribution in [3.63, 3.8) is 0 Å². The molecule has 0 bridgehead atoms. The fraction of sp³-hybridized carbons (Fsp3) is 0.769. The molecule has 0 radical (unpaired) electrons. The highest BCUT2D eigenvalue weighted by molar-refractivity contribution is 7.88. The molecule has 1 aliphatic rings. The molecule has 2 heterocycles. The van der Waals surface area contributed by atoms with Gasteiger partial charge in [0.05, 0.1) is 11.9 Å². The normalized spacial score (nSPS) is 21.2. The van der Waals surface area contributed by atoms with Gasteiger partial charge < -0.3 is 5.32 Å². The molecule has 2 rings (SSSR count). The Hall–Kier alpha value is -0.920. The lowest BCUT2D eigenvalue weighted by Gasteiger charge is -2.31. The molecular weight excluding hydrogens is 276 g/mol. The Balaban J connectivity index is 1.98. The van der Waals surface area contributed by atoms with Crippen molar-refractivity contribution in [3.05, 3.63) is 18.0 Å². The average Bonchev–Trinajstić information content (AvgIpc) is 2.83. The fourth-order valence-corrected chi connectivity index (χ4v) is 3.59. The average molecular weight is 300 g/mol. The number of sulfonamides is 1. The van der Waals surface area contributed by atoms with Crippen molar-refractivity contribution >= 4 is 10.0 Å². The molecule has 0 aliphatic carbocycles. The van der Waals surface area contributed by atoms with E-state index in [0.717, 1.165) is 38.2 Å². The minimum absolute atomic E-state index is 0.346. The number of hydrogen-bond donors (Lipinski definition) is 1. The summed E-state index contributed by atoms with van der Waals surface area (Å²) in [5.41, 5.74) is 1.16. The molecule has 6 nitrogen and oxygen atoms in total. The molecule has 1 saturated heterocycles. The van der Waals surface area contributed by atoms with Gasteiger partial charge in [-0.05, 0) is 31.4 Å². The number of aromatic nitrogens is 2. The van der Waals surface area contributed by atoms with Gasteiger partial charge in [0, 0.05) is 32.4 Å². The van der Waals surface area contributed by atoms with Crippen LogP contribution in [0.3, 0.4) is 0 Å². The molecule has 1 aromatic rings. The van der Waals surface area contributed by atoms with E-state index < -0.39 is 10.0 Å². The van der Waals surface area contributed by atoms with Gasteiger partial charge >= 0.3 is 0 Å². The zero-order valence-electron chi connectivity index (χ0n) is 12.2. The van der Waals surface area contributed by atoms with Gasteiger partial charge in [0.1, 0.15) is 0 Å². The Morgan fingerprint density at radius 2 is 2.30 bits per heavy atom. The van der Waals surface area contributed by atoms with Gasteiger partial charge in [0.2, 0.25) is 10.0 Å². The van der Waals surface area contributed by atoms with Gasteiger partial charge in [-0.25, -0.2) is 12.7 Å². The predicted octanol–water partition coefficient (Wildman–Crippen LogP) is 0.664. The van der Waals surface area contributed by atoms with Crippen LogP contribution in [-0.2, 0) is 23.1 Å². The summed E-state index contributed by atoms with van der Waals surface area (Å²) in [5, 5.41) is 7.65. The van der Waals surface area contributed by atoms with Crippen LogP contribution < -0.4 is 5.32 Å². The number of hydrogen-bond acceptors (Lipinski definition) is 4. The Bertz CT molecular complexity index is 526. The van der Waals surface area contributed by atoms with Gasteiger partial charge in [-0.2, -0.15) is 5.10 Å². The smallest absolute Gasteiger partial charge is 0.211 e. The third-order valence-electron chi connectivity index (χ3n) is 3.74. The zero-order valence-corrected chi connectivity index (χ0v) is 13.1. The third kappa shape index (κ3) is 4.04. The molecule has 0 saturated carbocycles. The van der Waals surface area contributed by atoms with Gasteiger partial charge in [0.15, 0.2) is 0 Å². The van der Waals surface area contributed by atoms with Crippen molar-refractivity contribution in [2.75, 3.05) is 25.9 Å². The first-order valence-electron chi connectivity index (χ1n) is 7.17. The van der Waals surface area contributed by atoms with Crippen LogP contribution in [0.25, 0.3) is 0 Å². The second-order valence-electron chi connectivity index (χ2n) is 5.41. The van der Waals surface area contributed by atoms with E-state index in [-0.39, 0.29) is 0 Å². The van der Waals surface area contributed by atoms with E-state index in [0.29, 0.717) is 19.0 Å². The lowest BCUT2D eigenvalue weighted by atomic mass is 10.00. The van der Waals surface area contributed by atoms with Crippen molar-refractivity contribution < 1.29 is 8.42 Å². The largest absolute Gasteiger partial charge is 0.311 e. The van der Waals surface area contributed by atoms with Crippen LogP contribution >= 0.6 is 0 Å². The molecule has 1 aliphatic heterocycles. The van der Waals surface area contributed by atoms with E-state index in [2.05, 4.69) is 17.3 Å². The SMILES string of the molecule is CCNCc1ccnn1CC1CCCN(S(C)(=O)=O)C1. The van der Waals surface area contributed by atoms with Crippen LogP contribution in [0.15, 0.2) is 12.3 Å². The van der Waals surface area contributed by atoms with E-state index in [1.54, 1.807) is 4.31 Å². The number of rotatable bonds is 6. The minimum Gasteiger partial charge on any atom is -0.311 e. The lowest BCUT2D eigenvalue weighted by molar-refractivity contribution is 0.238. The molecule has 7 heteroatoms. The Labute approximate surface area is 121 Å². The van der Waals surface area contributed by atoms with Crippen LogP contribution in [0.1, 0.15) is 25.5 Å². The molecule has 114 valence electrons. The molecular formula is C13H24N4O2S. The van der Waals surface area contributed by atoms with Gasteiger partial charge in [-0.1, -0.05) is 6.92 Å². The van der Waals surface area contributed by atoms with Gasteiger partial charge in [0.25, 0.3) is 0 Å². The summed E-state index contributed by atoms with van der Waals surface area (Å²) < 4.78 is 26.9. The summed E-state index contributed by atoms with van der Waals surface area (Å²) in [6, 6.07) is 2.01. The van der Waals surface area contributed by atoms with Gasteiger partial charge in [-0.3, -0.25) is 4.68 Å². The van der Waals surface area contributed by atoms with E-state index in [9.17, 15) is 8.42 Å². The van der Waals surface area contributed by atoms with Crippen LogP contribution in [0, 0.1) is 5.92 Å². The van der Waals surface area contributed by atoms with Crippen LogP contribution in [-0.4, -0.2) is 48.4 Å². The number of nitrogens with zero attached hydrogens (tertiary/aromatic N) is 3. The number of nitrogens with one attached hydrogen (secondary N) is 1.